The van der Waals surface area contributed by atoms with E-state index in [0.717, 1.165) is 25.7 Å². The zero-order valence-electron chi connectivity index (χ0n) is 10.1. The van der Waals surface area contributed by atoms with Crippen molar-refractivity contribution in [1.82, 2.24) is 9.71 Å². The quantitative estimate of drug-likeness (QED) is 0.885. The van der Waals surface area contributed by atoms with Crippen molar-refractivity contribution in [2.45, 2.75) is 36.6 Å². The van der Waals surface area contributed by atoms with Crippen molar-refractivity contribution >= 4 is 31.8 Å². The molecule has 0 atom stereocenters. The molecule has 1 aliphatic rings. The van der Waals surface area contributed by atoms with E-state index in [1.807, 2.05) is 0 Å². The van der Waals surface area contributed by atoms with Crippen LogP contribution in [0, 0.1) is 0 Å². The first-order valence-corrected chi connectivity index (χ1v) is 8.16. The Morgan fingerprint density at radius 1 is 1.39 bits per heavy atom. The van der Waals surface area contributed by atoms with E-state index in [-0.39, 0.29) is 10.9 Å². The summed E-state index contributed by atoms with van der Waals surface area (Å²) in [5.41, 5.74) is 0. The maximum absolute atomic E-state index is 12.3. The van der Waals surface area contributed by atoms with Gasteiger partial charge in [-0.3, -0.25) is 0 Å². The van der Waals surface area contributed by atoms with Crippen LogP contribution in [0.25, 0.3) is 0 Å². The fraction of sp³-hybridized carbons (Fsp3) is 0.545. The Balaban J connectivity index is 2.30. The molecule has 0 radical (unpaired) electrons. The molecule has 0 saturated heterocycles. The molecule has 2 rings (SSSR count). The van der Waals surface area contributed by atoms with Gasteiger partial charge >= 0.3 is 0 Å². The molecule has 1 aromatic rings. The molecule has 0 aliphatic heterocycles. The molecule has 1 fully saturated rings. The molecular weight excluding hydrogens is 318 g/mol. The summed E-state index contributed by atoms with van der Waals surface area (Å²) in [5, 5.41) is 2.80. The molecule has 5 nitrogen and oxygen atoms in total. The Kier molecular flexibility index (Phi) is 4.24. The zero-order chi connectivity index (χ0) is 13.2. The number of pyridine rings is 1. The third-order valence-electron chi connectivity index (χ3n) is 3.02. The monoisotopic (exact) mass is 333 g/mol. The lowest BCUT2D eigenvalue weighted by Gasteiger charge is -2.14. The number of nitrogens with one attached hydrogen (secondary N) is 2. The first kappa shape index (κ1) is 13.8. The number of anilines is 1. The first-order valence-electron chi connectivity index (χ1n) is 5.88. The number of hydrogen-bond acceptors (Lipinski definition) is 4. The Morgan fingerprint density at radius 3 is 2.67 bits per heavy atom. The van der Waals surface area contributed by atoms with Gasteiger partial charge in [-0.1, -0.05) is 12.8 Å². The van der Waals surface area contributed by atoms with E-state index in [1.54, 1.807) is 19.3 Å². The summed E-state index contributed by atoms with van der Waals surface area (Å²) in [6.07, 6.45) is 5.57. The SMILES string of the molecule is CNc1ncc(Br)cc1S(=O)(=O)NC1CCCC1. The molecule has 0 amide bonds. The Hall–Kier alpha value is -0.660. The van der Waals surface area contributed by atoms with Crippen LogP contribution in [0.5, 0.6) is 0 Å². The summed E-state index contributed by atoms with van der Waals surface area (Å²) < 4.78 is 28.0. The van der Waals surface area contributed by atoms with E-state index in [0.29, 0.717) is 10.3 Å². The fourth-order valence-corrected chi connectivity index (χ4v) is 4.12. The molecule has 2 N–H and O–H groups in total. The Labute approximate surface area is 116 Å². The number of sulfonamides is 1. The van der Waals surface area contributed by atoms with E-state index >= 15 is 0 Å². The van der Waals surface area contributed by atoms with Gasteiger partial charge in [0, 0.05) is 23.8 Å². The Bertz CT molecular complexity index is 527. The van der Waals surface area contributed by atoms with Gasteiger partial charge in [0.2, 0.25) is 10.0 Å². The van der Waals surface area contributed by atoms with Gasteiger partial charge in [-0.2, -0.15) is 0 Å². The summed E-state index contributed by atoms with van der Waals surface area (Å²) >= 11 is 3.25. The normalized spacial score (nSPS) is 17.0. The summed E-state index contributed by atoms with van der Waals surface area (Å²) in [4.78, 5) is 4.25. The van der Waals surface area contributed by atoms with Gasteiger partial charge in [-0.05, 0) is 34.8 Å². The summed E-state index contributed by atoms with van der Waals surface area (Å²) in [7, 11) is -1.86. The maximum atomic E-state index is 12.3. The number of hydrogen-bond donors (Lipinski definition) is 2. The first-order chi connectivity index (χ1) is 8.53. The predicted octanol–water partition coefficient (Wildman–Crippen LogP) is 2.11. The highest BCUT2D eigenvalue weighted by Gasteiger charge is 2.25. The van der Waals surface area contributed by atoms with E-state index in [4.69, 9.17) is 0 Å². The van der Waals surface area contributed by atoms with Gasteiger partial charge < -0.3 is 5.32 Å². The van der Waals surface area contributed by atoms with Crippen molar-refractivity contribution in [3.63, 3.8) is 0 Å². The number of halogens is 1. The Morgan fingerprint density at radius 2 is 2.06 bits per heavy atom. The number of aromatic nitrogens is 1. The number of rotatable bonds is 4. The average Bonchev–Trinajstić information content (AvgIpc) is 2.81. The van der Waals surface area contributed by atoms with E-state index in [1.165, 1.54) is 0 Å². The van der Waals surface area contributed by atoms with Gasteiger partial charge in [0.1, 0.15) is 10.7 Å². The summed E-state index contributed by atoms with van der Waals surface area (Å²) in [6.45, 7) is 0. The molecule has 0 spiro atoms. The van der Waals surface area contributed by atoms with Crippen LogP contribution in [0.4, 0.5) is 5.82 Å². The molecule has 0 aromatic carbocycles. The van der Waals surface area contributed by atoms with Crippen molar-refractivity contribution in [3.8, 4) is 0 Å². The second-order valence-electron chi connectivity index (χ2n) is 4.35. The largest absolute Gasteiger partial charge is 0.372 e. The second kappa shape index (κ2) is 5.54. The van der Waals surface area contributed by atoms with Gasteiger partial charge in [0.15, 0.2) is 0 Å². The lowest BCUT2D eigenvalue weighted by molar-refractivity contribution is 0.552. The standard InChI is InChI=1S/C11H16BrN3O2S/c1-13-11-10(6-8(12)7-14-11)18(16,17)15-9-4-2-3-5-9/h6-7,9,15H,2-5H2,1H3,(H,13,14). The molecule has 1 saturated carbocycles. The molecular formula is C11H16BrN3O2S. The fourth-order valence-electron chi connectivity index (χ4n) is 2.14. The molecule has 0 unspecified atom stereocenters. The van der Waals surface area contributed by atoms with Gasteiger partial charge in [0.05, 0.1) is 0 Å². The maximum Gasteiger partial charge on any atom is 0.244 e. The van der Waals surface area contributed by atoms with Crippen LogP contribution in [-0.4, -0.2) is 26.5 Å². The zero-order valence-corrected chi connectivity index (χ0v) is 12.5. The van der Waals surface area contributed by atoms with E-state index in [9.17, 15) is 8.42 Å². The topological polar surface area (TPSA) is 71.1 Å². The van der Waals surface area contributed by atoms with E-state index < -0.39 is 10.0 Å². The van der Waals surface area contributed by atoms with Crippen LogP contribution in [0.15, 0.2) is 21.6 Å². The smallest absolute Gasteiger partial charge is 0.244 e. The number of nitrogens with zero attached hydrogens (tertiary/aromatic N) is 1. The van der Waals surface area contributed by atoms with Crippen LogP contribution < -0.4 is 10.0 Å². The molecule has 18 heavy (non-hydrogen) atoms. The molecule has 1 heterocycles. The van der Waals surface area contributed by atoms with E-state index in [2.05, 4.69) is 31.0 Å². The van der Waals surface area contributed by atoms with Crippen molar-refractivity contribution in [2.24, 2.45) is 0 Å². The van der Waals surface area contributed by atoms with Crippen LogP contribution in [0.1, 0.15) is 25.7 Å². The molecule has 100 valence electrons. The minimum atomic E-state index is -3.51. The summed E-state index contributed by atoms with van der Waals surface area (Å²) in [6, 6.07) is 1.62. The molecule has 7 heteroatoms. The summed E-state index contributed by atoms with van der Waals surface area (Å²) in [5.74, 6) is 0.365. The lowest BCUT2D eigenvalue weighted by Crippen LogP contribution is -2.33. The van der Waals surface area contributed by atoms with Crippen molar-refractivity contribution in [3.05, 3.63) is 16.7 Å². The van der Waals surface area contributed by atoms with Crippen molar-refractivity contribution in [2.75, 3.05) is 12.4 Å². The highest BCUT2D eigenvalue weighted by Crippen LogP contribution is 2.25. The van der Waals surface area contributed by atoms with Gasteiger partial charge in [0.25, 0.3) is 0 Å². The lowest BCUT2D eigenvalue weighted by atomic mass is 10.3. The highest BCUT2D eigenvalue weighted by atomic mass is 79.9. The van der Waals surface area contributed by atoms with Crippen LogP contribution in [0.2, 0.25) is 0 Å². The highest BCUT2D eigenvalue weighted by molar-refractivity contribution is 9.10. The third kappa shape index (κ3) is 3.02. The second-order valence-corrected chi connectivity index (χ2v) is 6.95. The van der Waals surface area contributed by atoms with Crippen LogP contribution in [-0.2, 0) is 10.0 Å². The minimum Gasteiger partial charge on any atom is -0.372 e. The molecule has 1 aliphatic carbocycles. The predicted molar refractivity (Wildman–Crippen MR) is 74.1 cm³/mol. The minimum absolute atomic E-state index is 0.0543. The molecule has 1 aromatic heterocycles. The van der Waals surface area contributed by atoms with Gasteiger partial charge in [-0.25, -0.2) is 18.1 Å². The third-order valence-corrected chi connectivity index (χ3v) is 4.99. The van der Waals surface area contributed by atoms with Crippen LogP contribution in [0.3, 0.4) is 0 Å². The molecule has 0 bridgehead atoms. The van der Waals surface area contributed by atoms with Crippen molar-refractivity contribution in [1.29, 1.82) is 0 Å². The van der Waals surface area contributed by atoms with Crippen molar-refractivity contribution < 1.29 is 8.42 Å². The van der Waals surface area contributed by atoms with Crippen LogP contribution >= 0.6 is 15.9 Å². The van der Waals surface area contributed by atoms with Gasteiger partial charge in [-0.15, -0.1) is 0 Å². The average molecular weight is 334 g/mol.